The quantitative estimate of drug-likeness (QED) is 0.856. The average molecular weight is 240 g/mol. The van der Waals surface area contributed by atoms with Gasteiger partial charge in [0.15, 0.2) is 0 Å². The number of rotatable bonds is 4. The largest absolute Gasteiger partial charge is 0.279 e. The topological polar surface area (TPSA) is 49.4 Å². The van der Waals surface area contributed by atoms with Crippen molar-refractivity contribution in [2.45, 2.75) is 18.4 Å². The lowest BCUT2D eigenvalue weighted by Gasteiger charge is -2.20. The van der Waals surface area contributed by atoms with Gasteiger partial charge in [-0.25, -0.2) is 0 Å². The molecule has 0 saturated heterocycles. The second kappa shape index (κ2) is 3.84. The van der Waals surface area contributed by atoms with Crippen molar-refractivity contribution in [1.82, 2.24) is 9.03 Å². The third-order valence-electron chi connectivity index (χ3n) is 2.88. The standard InChI is InChI=1S/C11H16N2O2S/c1-13(2)16(14,15)12-11(8-9-11)10-6-4-3-5-7-10/h3-7,12H,8-9H2,1-2H3. The summed E-state index contributed by atoms with van der Waals surface area (Å²) in [5.74, 6) is 0. The van der Waals surface area contributed by atoms with Crippen molar-refractivity contribution in [2.24, 2.45) is 0 Å². The molecular formula is C11H16N2O2S. The molecule has 1 N–H and O–H groups in total. The van der Waals surface area contributed by atoms with Gasteiger partial charge in [-0.2, -0.15) is 17.4 Å². The Balaban J connectivity index is 2.23. The van der Waals surface area contributed by atoms with Gasteiger partial charge in [0.05, 0.1) is 5.54 Å². The molecule has 0 radical (unpaired) electrons. The molecule has 0 heterocycles. The fourth-order valence-electron chi connectivity index (χ4n) is 1.67. The molecule has 1 saturated carbocycles. The zero-order valence-corrected chi connectivity index (χ0v) is 10.3. The van der Waals surface area contributed by atoms with Crippen molar-refractivity contribution >= 4 is 10.2 Å². The Morgan fingerprint density at radius 1 is 1.19 bits per heavy atom. The lowest BCUT2D eigenvalue weighted by molar-refractivity contribution is 0.484. The summed E-state index contributed by atoms with van der Waals surface area (Å²) >= 11 is 0. The van der Waals surface area contributed by atoms with Gasteiger partial charge in [-0.3, -0.25) is 0 Å². The first-order valence-electron chi connectivity index (χ1n) is 5.23. The van der Waals surface area contributed by atoms with Crippen molar-refractivity contribution in [3.63, 3.8) is 0 Å². The van der Waals surface area contributed by atoms with Crippen molar-refractivity contribution in [3.8, 4) is 0 Å². The van der Waals surface area contributed by atoms with E-state index in [-0.39, 0.29) is 5.54 Å². The minimum atomic E-state index is -3.36. The third-order valence-corrected chi connectivity index (χ3v) is 4.49. The molecule has 4 nitrogen and oxygen atoms in total. The zero-order valence-electron chi connectivity index (χ0n) is 9.47. The van der Waals surface area contributed by atoms with Crippen LogP contribution >= 0.6 is 0 Å². The number of nitrogens with one attached hydrogen (secondary N) is 1. The average Bonchev–Trinajstić information content (AvgIpc) is 2.99. The number of benzene rings is 1. The molecule has 0 atom stereocenters. The molecule has 5 heteroatoms. The molecule has 2 rings (SSSR count). The first-order valence-corrected chi connectivity index (χ1v) is 6.67. The smallest absolute Gasteiger partial charge is 0.195 e. The number of nitrogens with zero attached hydrogens (tertiary/aromatic N) is 1. The van der Waals surface area contributed by atoms with E-state index in [2.05, 4.69) is 4.72 Å². The van der Waals surface area contributed by atoms with Crippen LogP contribution in [-0.4, -0.2) is 26.8 Å². The Labute approximate surface area is 96.5 Å². The van der Waals surface area contributed by atoms with E-state index < -0.39 is 10.2 Å². The molecular weight excluding hydrogens is 224 g/mol. The second-order valence-electron chi connectivity index (χ2n) is 4.34. The van der Waals surface area contributed by atoms with Gasteiger partial charge >= 0.3 is 0 Å². The lowest BCUT2D eigenvalue weighted by Crippen LogP contribution is -2.42. The molecule has 1 aromatic carbocycles. The predicted octanol–water partition coefficient (Wildman–Crippen LogP) is 1.07. The van der Waals surface area contributed by atoms with E-state index in [0.717, 1.165) is 18.4 Å². The van der Waals surface area contributed by atoms with E-state index in [1.807, 2.05) is 30.3 Å². The maximum atomic E-state index is 11.8. The summed E-state index contributed by atoms with van der Waals surface area (Å²) in [6.45, 7) is 0. The minimum absolute atomic E-state index is 0.371. The first-order chi connectivity index (χ1) is 7.46. The molecule has 1 aliphatic rings. The van der Waals surface area contributed by atoms with Crippen LogP contribution in [0.2, 0.25) is 0 Å². The van der Waals surface area contributed by atoms with Crippen LogP contribution < -0.4 is 4.72 Å². The first kappa shape index (κ1) is 11.6. The SMILES string of the molecule is CN(C)S(=O)(=O)NC1(c2ccccc2)CC1. The van der Waals surface area contributed by atoms with Gasteiger partial charge in [0.25, 0.3) is 10.2 Å². The highest BCUT2D eigenvalue weighted by atomic mass is 32.2. The molecule has 1 aromatic rings. The summed E-state index contributed by atoms with van der Waals surface area (Å²) < 4.78 is 27.5. The molecule has 0 aliphatic heterocycles. The van der Waals surface area contributed by atoms with Gasteiger partial charge in [-0.1, -0.05) is 30.3 Å². The Morgan fingerprint density at radius 2 is 1.75 bits per heavy atom. The van der Waals surface area contributed by atoms with Crippen LogP contribution in [-0.2, 0) is 15.7 Å². The lowest BCUT2D eigenvalue weighted by atomic mass is 10.1. The van der Waals surface area contributed by atoms with Crippen LogP contribution in [0.15, 0.2) is 30.3 Å². The highest BCUT2D eigenvalue weighted by Crippen LogP contribution is 2.45. The molecule has 0 bridgehead atoms. The summed E-state index contributed by atoms with van der Waals surface area (Å²) in [6.07, 6.45) is 1.73. The molecule has 0 aromatic heterocycles. The van der Waals surface area contributed by atoms with Crippen LogP contribution in [0.4, 0.5) is 0 Å². The highest BCUT2D eigenvalue weighted by Gasteiger charge is 2.47. The molecule has 16 heavy (non-hydrogen) atoms. The molecule has 0 spiro atoms. The van der Waals surface area contributed by atoms with Crippen molar-refractivity contribution in [3.05, 3.63) is 35.9 Å². The van der Waals surface area contributed by atoms with Crippen molar-refractivity contribution < 1.29 is 8.42 Å². The minimum Gasteiger partial charge on any atom is -0.195 e. The second-order valence-corrected chi connectivity index (χ2v) is 6.22. The summed E-state index contributed by atoms with van der Waals surface area (Å²) in [6, 6.07) is 9.72. The third kappa shape index (κ3) is 2.11. The molecule has 0 unspecified atom stereocenters. The molecule has 0 amide bonds. The van der Waals surface area contributed by atoms with Gasteiger partial charge < -0.3 is 0 Å². The monoisotopic (exact) mass is 240 g/mol. The van der Waals surface area contributed by atoms with E-state index in [1.54, 1.807) is 0 Å². The summed E-state index contributed by atoms with van der Waals surface area (Å²) in [7, 11) is -0.296. The summed E-state index contributed by atoms with van der Waals surface area (Å²) in [5, 5.41) is 0. The van der Waals surface area contributed by atoms with Crippen molar-refractivity contribution in [1.29, 1.82) is 0 Å². The summed E-state index contributed by atoms with van der Waals surface area (Å²) in [5.41, 5.74) is 0.671. The van der Waals surface area contributed by atoms with E-state index in [9.17, 15) is 8.42 Å². The Bertz CT molecular complexity index is 464. The Morgan fingerprint density at radius 3 is 2.19 bits per heavy atom. The van der Waals surface area contributed by atoms with Crippen LogP contribution in [0, 0.1) is 0 Å². The number of hydrogen-bond acceptors (Lipinski definition) is 2. The normalized spacial score (nSPS) is 18.7. The maximum absolute atomic E-state index is 11.8. The van der Waals surface area contributed by atoms with E-state index in [0.29, 0.717) is 0 Å². The molecule has 1 fully saturated rings. The Hall–Kier alpha value is -0.910. The van der Waals surface area contributed by atoms with Crippen LogP contribution in [0.3, 0.4) is 0 Å². The maximum Gasteiger partial charge on any atom is 0.279 e. The fraction of sp³-hybridized carbons (Fsp3) is 0.455. The number of hydrogen-bond donors (Lipinski definition) is 1. The van der Waals surface area contributed by atoms with Crippen LogP contribution in [0.25, 0.3) is 0 Å². The molecule has 1 aliphatic carbocycles. The van der Waals surface area contributed by atoms with E-state index in [1.165, 1.54) is 18.4 Å². The van der Waals surface area contributed by atoms with Gasteiger partial charge in [0.2, 0.25) is 0 Å². The van der Waals surface area contributed by atoms with Crippen LogP contribution in [0.1, 0.15) is 18.4 Å². The van der Waals surface area contributed by atoms with Crippen molar-refractivity contribution in [2.75, 3.05) is 14.1 Å². The van der Waals surface area contributed by atoms with Gasteiger partial charge in [0.1, 0.15) is 0 Å². The fourth-order valence-corrected chi connectivity index (χ4v) is 2.67. The Kier molecular flexibility index (Phi) is 2.77. The summed E-state index contributed by atoms with van der Waals surface area (Å²) in [4.78, 5) is 0. The highest BCUT2D eigenvalue weighted by molar-refractivity contribution is 7.87. The van der Waals surface area contributed by atoms with Gasteiger partial charge in [-0.05, 0) is 18.4 Å². The zero-order chi connectivity index (χ0) is 11.8. The predicted molar refractivity (Wildman–Crippen MR) is 63.1 cm³/mol. The molecule has 88 valence electrons. The van der Waals surface area contributed by atoms with Crippen LogP contribution in [0.5, 0.6) is 0 Å². The van der Waals surface area contributed by atoms with E-state index >= 15 is 0 Å². The van der Waals surface area contributed by atoms with Gasteiger partial charge in [0, 0.05) is 14.1 Å². The van der Waals surface area contributed by atoms with E-state index in [4.69, 9.17) is 0 Å². The van der Waals surface area contributed by atoms with Gasteiger partial charge in [-0.15, -0.1) is 0 Å².